The monoisotopic (exact) mass is 181 g/mol. The van der Waals surface area contributed by atoms with Gasteiger partial charge in [0.05, 0.1) is 5.92 Å². The summed E-state index contributed by atoms with van der Waals surface area (Å²) in [6.45, 7) is 1.02. The van der Waals surface area contributed by atoms with Gasteiger partial charge < -0.3 is 10.1 Å². The third-order valence-corrected chi connectivity index (χ3v) is 3.75. The molecule has 0 amide bonds. The number of hydrogen-bond donors (Lipinski definition) is 1. The van der Waals surface area contributed by atoms with Crippen molar-refractivity contribution in [2.24, 2.45) is 11.8 Å². The quantitative estimate of drug-likeness (QED) is 0.637. The van der Waals surface area contributed by atoms with Crippen molar-refractivity contribution in [1.29, 1.82) is 0 Å². The lowest BCUT2D eigenvalue weighted by molar-refractivity contribution is -0.163. The lowest BCUT2D eigenvalue weighted by Gasteiger charge is -2.35. The summed E-state index contributed by atoms with van der Waals surface area (Å²) in [5, 5.41) is 3.33. The zero-order chi connectivity index (χ0) is 8.84. The van der Waals surface area contributed by atoms with Gasteiger partial charge in [0, 0.05) is 6.04 Å². The number of nitrogens with one attached hydrogen (secondary N) is 1. The standard InChI is InChI=1S/C10H15NO2/c12-10(13-7-2-1-3-7)9-6-4-8(9)11-5-6/h6-9,11H,1-5H2. The molecule has 0 aromatic carbocycles. The second kappa shape index (κ2) is 2.71. The summed E-state index contributed by atoms with van der Waals surface area (Å²) in [7, 11) is 0. The van der Waals surface area contributed by atoms with Gasteiger partial charge in [0.2, 0.25) is 0 Å². The molecule has 3 nitrogen and oxygen atoms in total. The first-order chi connectivity index (χ1) is 6.34. The zero-order valence-corrected chi connectivity index (χ0v) is 7.66. The normalized spacial score (nSPS) is 42.3. The summed E-state index contributed by atoms with van der Waals surface area (Å²) in [6.07, 6.45) is 4.84. The Balaban J connectivity index is 1.56. The summed E-state index contributed by atoms with van der Waals surface area (Å²) < 4.78 is 5.39. The first-order valence-electron chi connectivity index (χ1n) is 5.28. The van der Waals surface area contributed by atoms with Crippen LogP contribution < -0.4 is 5.32 Å². The second-order valence-corrected chi connectivity index (χ2v) is 4.53. The summed E-state index contributed by atoms with van der Waals surface area (Å²) in [4.78, 5) is 11.6. The number of esters is 1. The van der Waals surface area contributed by atoms with E-state index >= 15 is 0 Å². The number of hydrogen-bond acceptors (Lipinski definition) is 3. The van der Waals surface area contributed by atoms with Gasteiger partial charge in [-0.25, -0.2) is 0 Å². The topological polar surface area (TPSA) is 38.3 Å². The molecule has 3 atom stereocenters. The number of rotatable bonds is 2. The molecule has 1 N–H and O–H groups in total. The fraction of sp³-hybridized carbons (Fsp3) is 0.900. The van der Waals surface area contributed by atoms with Gasteiger partial charge in [-0.3, -0.25) is 4.79 Å². The van der Waals surface area contributed by atoms with E-state index in [2.05, 4.69) is 5.32 Å². The molecule has 0 spiro atoms. The highest BCUT2D eigenvalue weighted by Crippen LogP contribution is 2.41. The molecule has 3 heteroatoms. The molecular weight excluding hydrogens is 166 g/mol. The molecule has 2 aliphatic heterocycles. The van der Waals surface area contributed by atoms with E-state index in [1.54, 1.807) is 0 Å². The molecule has 4 aliphatic rings. The van der Waals surface area contributed by atoms with E-state index in [4.69, 9.17) is 4.74 Å². The summed E-state index contributed by atoms with van der Waals surface area (Å²) in [5.74, 6) is 0.842. The molecule has 2 saturated carbocycles. The van der Waals surface area contributed by atoms with Gasteiger partial charge in [-0.15, -0.1) is 0 Å². The molecule has 0 aromatic heterocycles. The van der Waals surface area contributed by atoms with Crippen molar-refractivity contribution in [1.82, 2.24) is 5.32 Å². The molecule has 3 unspecified atom stereocenters. The predicted molar refractivity (Wildman–Crippen MR) is 47.1 cm³/mol. The van der Waals surface area contributed by atoms with Crippen molar-refractivity contribution in [3.05, 3.63) is 0 Å². The molecule has 0 radical (unpaired) electrons. The van der Waals surface area contributed by atoms with Gasteiger partial charge in [-0.1, -0.05) is 0 Å². The molecule has 2 bridgehead atoms. The van der Waals surface area contributed by atoms with E-state index in [1.165, 1.54) is 12.8 Å². The highest BCUT2D eigenvalue weighted by Gasteiger charge is 2.52. The lowest BCUT2D eigenvalue weighted by Crippen LogP contribution is -2.44. The molecular formula is C10H15NO2. The molecule has 0 aromatic rings. The summed E-state index contributed by atoms with van der Waals surface area (Å²) in [5.41, 5.74) is 0. The fourth-order valence-electron chi connectivity index (χ4n) is 2.56. The van der Waals surface area contributed by atoms with Gasteiger partial charge in [0.25, 0.3) is 0 Å². The maximum absolute atomic E-state index is 11.6. The van der Waals surface area contributed by atoms with Gasteiger partial charge >= 0.3 is 5.97 Å². The van der Waals surface area contributed by atoms with Crippen LogP contribution in [0, 0.1) is 11.8 Å². The molecule has 2 saturated heterocycles. The molecule has 13 heavy (non-hydrogen) atoms. The minimum absolute atomic E-state index is 0.0657. The van der Waals surface area contributed by atoms with Crippen LogP contribution in [0.25, 0.3) is 0 Å². The molecule has 4 rings (SSSR count). The van der Waals surface area contributed by atoms with Crippen LogP contribution in [0.2, 0.25) is 0 Å². The Morgan fingerprint density at radius 2 is 2.23 bits per heavy atom. The number of ether oxygens (including phenoxy) is 1. The number of carbonyl (C=O) groups is 1. The van der Waals surface area contributed by atoms with Gasteiger partial charge in [-0.05, 0) is 38.1 Å². The second-order valence-electron chi connectivity index (χ2n) is 4.53. The Bertz CT molecular complexity index is 223. The Kier molecular flexibility index (Phi) is 1.62. The number of fused-ring (bicyclic) bond motifs is 1. The van der Waals surface area contributed by atoms with Crippen LogP contribution >= 0.6 is 0 Å². The predicted octanol–water partition coefficient (Wildman–Crippen LogP) is 0.690. The van der Waals surface area contributed by atoms with E-state index in [9.17, 15) is 4.79 Å². The highest BCUT2D eigenvalue weighted by molar-refractivity contribution is 5.76. The first kappa shape index (κ1) is 7.80. The van der Waals surface area contributed by atoms with Crippen molar-refractivity contribution < 1.29 is 9.53 Å². The Hall–Kier alpha value is -0.570. The molecule has 4 fully saturated rings. The van der Waals surface area contributed by atoms with E-state index in [1.807, 2.05) is 0 Å². The average Bonchev–Trinajstić information content (AvgIpc) is 2.55. The van der Waals surface area contributed by atoms with Crippen molar-refractivity contribution in [2.45, 2.75) is 37.8 Å². The van der Waals surface area contributed by atoms with Crippen LogP contribution in [0.3, 0.4) is 0 Å². The van der Waals surface area contributed by atoms with Gasteiger partial charge in [-0.2, -0.15) is 0 Å². The van der Waals surface area contributed by atoms with E-state index in [0.29, 0.717) is 12.0 Å². The van der Waals surface area contributed by atoms with Crippen LogP contribution in [0.15, 0.2) is 0 Å². The minimum atomic E-state index is 0.0657. The minimum Gasteiger partial charge on any atom is -0.462 e. The van der Waals surface area contributed by atoms with Crippen LogP contribution in [-0.2, 0) is 9.53 Å². The third-order valence-electron chi connectivity index (χ3n) is 3.75. The zero-order valence-electron chi connectivity index (χ0n) is 7.66. The van der Waals surface area contributed by atoms with Crippen molar-refractivity contribution >= 4 is 5.97 Å². The molecule has 2 aliphatic carbocycles. The van der Waals surface area contributed by atoms with Gasteiger partial charge in [0.1, 0.15) is 6.10 Å². The SMILES string of the molecule is O=C(OC1CCC1)C1C2CNC1C2. The van der Waals surface area contributed by atoms with Crippen molar-refractivity contribution in [3.63, 3.8) is 0 Å². The van der Waals surface area contributed by atoms with Crippen LogP contribution in [-0.4, -0.2) is 24.7 Å². The Labute approximate surface area is 77.8 Å². The largest absolute Gasteiger partial charge is 0.462 e. The van der Waals surface area contributed by atoms with Crippen LogP contribution in [0.5, 0.6) is 0 Å². The third kappa shape index (κ3) is 1.10. The first-order valence-corrected chi connectivity index (χ1v) is 5.28. The fourth-order valence-corrected chi connectivity index (χ4v) is 2.56. The summed E-state index contributed by atoms with van der Waals surface area (Å²) in [6, 6.07) is 0.442. The number of carbonyl (C=O) groups excluding carboxylic acids is 1. The van der Waals surface area contributed by atoms with Crippen LogP contribution in [0.1, 0.15) is 25.7 Å². The maximum atomic E-state index is 11.6. The van der Waals surface area contributed by atoms with Crippen LogP contribution in [0.4, 0.5) is 0 Å². The molecule has 2 heterocycles. The van der Waals surface area contributed by atoms with Crippen molar-refractivity contribution in [3.8, 4) is 0 Å². The Morgan fingerprint density at radius 1 is 1.38 bits per heavy atom. The average molecular weight is 181 g/mol. The summed E-state index contributed by atoms with van der Waals surface area (Å²) >= 11 is 0. The maximum Gasteiger partial charge on any atom is 0.311 e. The van der Waals surface area contributed by atoms with Gasteiger partial charge in [0.15, 0.2) is 0 Å². The van der Waals surface area contributed by atoms with E-state index in [0.717, 1.165) is 19.4 Å². The highest BCUT2D eigenvalue weighted by atomic mass is 16.5. The lowest BCUT2D eigenvalue weighted by atomic mass is 9.74. The Morgan fingerprint density at radius 3 is 2.69 bits per heavy atom. The van der Waals surface area contributed by atoms with E-state index in [-0.39, 0.29) is 18.0 Å². The van der Waals surface area contributed by atoms with Crippen molar-refractivity contribution in [2.75, 3.05) is 6.54 Å². The molecule has 72 valence electrons. The van der Waals surface area contributed by atoms with E-state index < -0.39 is 0 Å². The smallest absolute Gasteiger partial charge is 0.311 e.